The first-order chi connectivity index (χ1) is 12.2. The summed E-state index contributed by atoms with van der Waals surface area (Å²) in [6, 6.07) is 16.1. The minimum Gasteiger partial charge on any atom is -0.494 e. The molecule has 1 aliphatic rings. The third-order valence-electron chi connectivity index (χ3n) is 4.26. The van der Waals surface area contributed by atoms with E-state index < -0.39 is 0 Å². The Kier molecular flexibility index (Phi) is 6.31. The van der Waals surface area contributed by atoms with E-state index in [2.05, 4.69) is 21.1 Å². The van der Waals surface area contributed by atoms with Gasteiger partial charge in [0.25, 0.3) is 0 Å². The number of benzene rings is 2. The van der Waals surface area contributed by atoms with E-state index in [-0.39, 0.29) is 0 Å². The minimum absolute atomic E-state index is 0.686. The van der Waals surface area contributed by atoms with Crippen LogP contribution in [0.4, 0.5) is 0 Å². The van der Waals surface area contributed by atoms with E-state index in [9.17, 15) is 0 Å². The maximum atomic E-state index is 6.25. The first kappa shape index (κ1) is 17.8. The van der Waals surface area contributed by atoms with Gasteiger partial charge in [-0.25, -0.2) is 0 Å². The molecular weight excluding hydrogens is 334 g/mol. The lowest BCUT2D eigenvalue weighted by Gasteiger charge is -2.33. The molecule has 0 atom stereocenters. The van der Waals surface area contributed by atoms with Crippen LogP contribution in [-0.2, 0) is 6.54 Å². The second-order valence-electron chi connectivity index (χ2n) is 6.07. The second kappa shape index (κ2) is 8.88. The lowest BCUT2D eigenvalue weighted by molar-refractivity contribution is 0.131. The third kappa shape index (κ3) is 5.21. The van der Waals surface area contributed by atoms with Gasteiger partial charge in [0.2, 0.25) is 0 Å². The van der Waals surface area contributed by atoms with Crippen molar-refractivity contribution >= 4 is 17.8 Å². The van der Waals surface area contributed by atoms with Gasteiger partial charge in [-0.15, -0.1) is 0 Å². The van der Waals surface area contributed by atoms with Gasteiger partial charge in [0.05, 0.1) is 12.8 Å². The topological polar surface area (TPSA) is 28.1 Å². The standard InChI is InChI=1S/C20H24ClN3O/c1-2-25-19-9-7-17(8-10-19)15-22-24-13-11-23(12-14-24)16-18-5-3-4-6-20(18)21/h3-10,15H,2,11-14,16H2,1H3/b22-15+. The summed E-state index contributed by atoms with van der Waals surface area (Å²) in [5, 5.41) is 7.57. The van der Waals surface area contributed by atoms with Gasteiger partial charge in [0.15, 0.2) is 0 Å². The van der Waals surface area contributed by atoms with Gasteiger partial charge < -0.3 is 4.74 Å². The van der Waals surface area contributed by atoms with E-state index in [0.717, 1.165) is 49.1 Å². The maximum absolute atomic E-state index is 6.25. The van der Waals surface area contributed by atoms with Crippen LogP contribution in [0.15, 0.2) is 53.6 Å². The molecule has 0 radical (unpaired) electrons. The average molecular weight is 358 g/mol. The quantitative estimate of drug-likeness (QED) is 0.734. The summed E-state index contributed by atoms with van der Waals surface area (Å²) < 4.78 is 5.45. The molecule has 1 heterocycles. The number of piperazine rings is 1. The minimum atomic E-state index is 0.686. The Morgan fingerprint density at radius 2 is 1.76 bits per heavy atom. The van der Waals surface area contributed by atoms with Gasteiger partial charge in [0, 0.05) is 37.7 Å². The number of hydrogen-bond acceptors (Lipinski definition) is 4. The van der Waals surface area contributed by atoms with Gasteiger partial charge in [-0.05, 0) is 48.4 Å². The fourth-order valence-electron chi connectivity index (χ4n) is 2.84. The Labute approximate surface area is 154 Å². The number of halogens is 1. The van der Waals surface area contributed by atoms with Gasteiger partial charge in [-0.1, -0.05) is 29.8 Å². The number of nitrogens with zero attached hydrogens (tertiary/aromatic N) is 3. The van der Waals surface area contributed by atoms with Crippen molar-refractivity contribution in [2.45, 2.75) is 13.5 Å². The highest BCUT2D eigenvalue weighted by molar-refractivity contribution is 6.31. The zero-order chi connectivity index (χ0) is 17.5. The Bertz CT molecular complexity index is 694. The van der Waals surface area contributed by atoms with Crippen LogP contribution in [0.3, 0.4) is 0 Å². The number of rotatable bonds is 6. The molecule has 0 aliphatic carbocycles. The molecule has 0 N–H and O–H groups in total. The van der Waals surface area contributed by atoms with E-state index >= 15 is 0 Å². The molecule has 1 saturated heterocycles. The van der Waals surface area contributed by atoms with Crippen molar-refractivity contribution in [3.63, 3.8) is 0 Å². The summed E-state index contributed by atoms with van der Waals surface area (Å²) in [5.41, 5.74) is 2.28. The van der Waals surface area contributed by atoms with Crippen molar-refractivity contribution in [2.75, 3.05) is 32.8 Å². The Balaban J connectivity index is 1.48. The number of hydrogen-bond donors (Lipinski definition) is 0. The van der Waals surface area contributed by atoms with Crippen molar-refractivity contribution in [3.8, 4) is 5.75 Å². The fourth-order valence-corrected chi connectivity index (χ4v) is 3.04. The molecule has 0 amide bonds. The predicted molar refractivity (Wildman–Crippen MR) is 104 cm³/mol. The molecule has 3 rings (SSSR count). The molecule has 1 fully saturated rings. The van der Waals surface area contributed by atoms with Crippen LogP contribution in [0.25, 0.3) is 0 Å². The molecular formula is C20H24ClN3O. The molecule has 0 saturated carbocycles. The van der Waals surface area contributed by atoms with Crippen molar-refractivity contribution in [2.24, 2.45) is 5.10 Å². The SMILES string of the molecule is CCOc1ccc(/C=N/N2CCN(Cc3ccccc3Cl)CC2)cc1. The average Bonchev–Trinajstić information content (AvgIpc) is 2.64. The zero-order valence-corrected chi connectivity index (χ0v) is 15.3. The third-order valence-corrected chi connectivity index (χ3v) is 4.63. The van der Waals surface area contributed by atoms with Crippen LogP contribution in [0.2, 0.25) is 5.02 Å². The highest BCUT2D eigenvalue weighted by atomic mass is 35.5. The summed E-state index contributed by atoms with van der Waals surface area (Å²) in [6.45, 7) is 7.41. The van der Waals surface area contributed by atoms with Crippen molar-refractivity contribution < 1.29 is 4.74 Å². The molecule has 25 heavy (non-hydrogen) atoms. The highest BCUT2D eigenvalue weighted by Gasteiger charge is 2.16. The molecule has 2 aromatic rings. The molecule has 2 aromatic carbocycles. The smallest absolute Gasteiger partial charge is 0.119 e. The Morgan fingerprint density at radius 1 is 1.04 bits per heavy atom. The summed E-state index contributed by atoms with van der Waals surface area (Å²) in [4.78, 5) is 2.42. The molecule has 0 aromatic heterocycles. The van der Waals surface area contributed by atoms with E-state index in [1.165, 1.54) is 5.56 Å². The second-order valence-corrected chi connectivity index (χ2v) is 6.48. The predicted octanol–water partition coefficient (Wildman–Crippen LogP) is 3.89. The molecule has 5 heteroatoms. The highest BCUT2D eigenvalue weighted by Crippen LogP contribution is 2.18. The number of hydrazone groups is 1. The van der Waals surface area contributed by atoms with Gasteiger partial charge >= 0.3 is 0 Å². The fraction of sp³-hybridized carbons (Fsp3) is 0.350. The monoisotopic (exact) mass is 357 g/mol. The van der Waals surface area contributed by atoms with Gasteiger partial charge in [0.1, 0.15) is 5.75 Å². The lowest BCUT2D eigenvalue weighted by atomic mass is 10.2. The summed E-state index contributed by atoms with van der Waals surface area (Å²) in [7, 11) is 0. The van der Waals surface area contributed by atoms with Crippen LogP contribution in [-0.4, -0.2) is 48.9 Å². The summed E-state index contributed by atoms with van der Waals surface area (Å²) in [5.74, 6) is 0.896. The molecule has 0 bridgehead atoms. The van der Waals surface area contributed by atoms with E-state index in [0.29, 0.717) is 6.61 Å². The lowest BCUT2D eigenvalue weighted by Crippen LogP contribution is -2.43. The van der Waals surface area contributed by atoms with Crippen LogP contribution in [0, 0.1) is 0 Å². The van der Waals surface area contributed by atoms with Crippen LogP contribution in [0.5, 0.6) is 5.75 Å². The molecule has 132 valence electrons. The van der Waals surface area contributed by atoms with Gasteiger partial charge in [-0.2, -0.15) is 5.10 Å². The summed E-state index contributed by atoms with van der Waals surface area (Å²) >= 11 is 6.25. The summed E-state index contributed by atoms with van der Waals surface area (Å²) in [6.07, 6.45) is 1.92. The van der Waals surface area contributed by atoms with Crippen LogP contribution >= 0.6 is 11.6 Å². The van der Waals surface area contributed by atoms with Crippen LogP contribution < -0.4 is 4.74 Å². The van der Waals surface area contributed by atoms with E-state index in [1.807, 2.05) is 55.6 Å². The van der Waals surface area contributed by atoms with Crippen molar-refractivity contribution in [3.05, 3.63) is 64.7 Å². The maximum Gasteiger partial charge on any atom is 0.119 e. The van der Waals surface area contributed by atoms with E-state index in [1.54, 1.807) is 0 Å². The van der Waals surface area contributed by atoms with Crippen molar-refractivity contribution in [1.82, 2.24) is 9.91 Å². The first-order valence-electron chi connectivity index (χ1n) is 8.72. The van der Waals surface area contributed by atoms with E-state index in [4.69, 9.17) is 16.3 Å². The molecule has 1 aliphatic heterocycles. The normalized spacial score (nSPS) is 15.7. The molecule has 0 unspecified atom stereocenters. The molecule has 0 spiro atoms. The molecule has 4 nitrogen and oxygen atoms in total. The van der Waals surface area contributed by atoms with Crippen LogP contribution in [0.1, 0.15) is 18.1 Å². The Hall–Kier alpha value is -2.04. The van der Waals surface area contributed by atoms with Gasteiger partial charge in [-0.3, -0.25) is 9.91 Å². The van der Waals surface area contributed by atoms with Crippen molar-refractivity contribution in [1.29, 1.82) is 0 Å². The largest absolute Gasteiger partial charge is 0.494 e. The zero-order valence-electron chi connectivity index (χ0n) is 14.6. The Morgan fingerprint density at radius 3 is 2.44 bits per heavy atom. The first-order valence-corrected chi connectivity index (χ1v) is 9.10. The number of ether oxygens (including phenoxy) is 1.